The van der Waals surface area contributed by atoms with E-state index in [4.69, 9.17) is 28.9 Å². The van der Waals surface area contributed by atoms with E-state index >= 15 is 0 Å². The zero-order valence-corrected chi connectivity index (χ0v) is 42.1. The lowest BCUT2D eigenvalue weighted by Gasteiger charge is -2.40. The molecule has 0 spiro atoms. The van der Waals surface area contributed by atoms with Crippen LogP contribution in [0.1, 0.15) is 125 Å². The van der Waals surface area contributed by atoms with Crippen LogP contribution in [0.15, 0.2) is 60.9 Å². The lowest BCUT2D eigenvalue weighted by Crippen LogP contribution is -2.56. The average molecular weight is 949 g/mol. The van der Waals surface area contributed by atoms with Gasteiger partial charge in [-0.2, -0.15) is 0 Å². The number of carbonyl (C=O) groups excluding carboxylic acids is 4. The normalized spacial score (nSPS) is 29.8. The van der Waals surface area contributed by atoms with E-state index < -0.39 is 24.3 Å². The van der Waals surface area contributed by atoms with Crippen LogP contribution in [0.2, 0.25) is 0 Å². The summed E-state index contributed by atoms with van der Waals surface area (Å²) in [6.07, 6.45) is 6.32. The summed E-state index contributed by atoms with van der Waals surface area (Å²) in [5.41, 5.74) is 5.51. The van der Waals surface area contributed by atoms with Crippen molar-refractivity contribution in [2.75, 3.05) is 14.2 Å². The van der Waals surface area contributed by atoms with Gasteiger partial charge in [0.1, 0.15) is 23.7 Å². The maximum absolute atomic E-state index is 14.7. The molecule has 6 heterocycles. The number of nitrogens with one attached hydrogen (secondary N) is 4. The second-order valence-corrected chi connectivity index (χ2v) is 21.1. The predicted molar refractivity (Wildman–Crippen MR) is 261 cm³/mol. The molecule has 4 saturated heterocycles. The number of benzene rings is 2. The van der Waals surface area contributed by atoms with Gasteiger partial charge in [-0.1, -0.05) is 69.3 Å². The van der Waals surface area contributed by atoms with Crippen LogP contribution in [0.3, 0.4) is 0 Å². The first-order valence-electron chi connectivity index (χ1n) is 24.8. The fourth-order valence-corrected chi connectivity index (χ4v) is 11.7. The number of carbonyl (C=O) groups is 4. The average Bonchev–Trinajstić information content (AvgIpc) is 4.12. The first-order valence-corrected chi connectivity index (χ1v) is 24.8. The smallest absolute Gasteiger partial charge is 0.407 e. The Kier molecular flexibility index (Phi) is 14.6. The zero-order chi connectivity index (χ0) is 49.5. The molecule has 4 aromatic rings. The molecule has 2 aromatic carbocycles. The van der Waals surface area contributed by atoms with E-state index in [2.05, 4.69) is 104 Å². The van der Waals surface area contributed by atoms with Gasteiger partial charge in [0, 0.05) is 12.1 Å². The summed E-state index contributed by atoms with van der Waals surface area (Å²) < 4.78 is 22.0. The molecule has 11 atom stereocenters. The van der Waals surface area contributed by atoms with Crippen LogP contribution in [-0.4, -0.2) is 117 Å². The molecule has 4 aliphatic rings. The minimum Gasteiger partial charge on any atom is -0.453 e. The van der Waals surface area contributed by atoms with Crippen LogP contribution in [0.25, 0.3) is 33.6 Å². The van der Waals surface area contributed by atoms with Gasteiger partial charge >= 0.3 is 12.2 Å². The Morgan fingerprint density at radius 2 is 1.00 bits per heavy atom. The number of ether oxygens (including phenoxy) is 4. The highest BCUT2D eigenvalue weighted by molar-refractivity contribution is 5.88. The van der Waals surface area contributed by atoms with E-state index in [1.165, 1.54) is 14.2 Å². The van der Waals surface area contributed by atoms with Crippen molar-refractivity contribution in [3.8, 4) is 33.6 Å². The van der Waals surface area contributed by atoms with Crippen molar-refractivity contribution in [3.05, 3.63) is 72.6 Å². The van der Waals surface area contributed by atoms with Crippen molar-refractivity contribution in [1.82, 2.24) is 40.4 Å². The Bertz CT molecular complexity index is 2430. The van der Waals surface area contributed by atoms with Gasteiger partial charge in [-0.25, -0.2) is 19.6 Å². The number of amides is 4. The standard InChI is InChI=1S/C53H72N8O8/c1-28-20-43(60(33(28)6)49(62)45(58-51(64)66-10)39-21-29(2)68-30(3)22-39)47-54-26-41(56-47)37-16-12-35(13-17-37)36-14-18-38(19-15-36)42-27-55-48(57-42)44-25-53(8,9)34(7)61(44)50(63)46(59-52(65)67-11)40-23-31(4)69-32(5)24-40/h12-19,26-34,39-40,43-46H,20-25H2,1-11H3,(H,54,56)(H,55,57)(H,58,64)(H,59,65)/t28-,29+,30+,31+,32+,33?,34?,43-,44-,45-,46-/m0/s1. The highest BCUT2D eigenvalue weighted by Gasteiger charge is 2.51. The number of hydrogen-bond donors (Lipinski definition) is 4. The van der Waals surface area contributed by atoms with Gasteiger partial charge in [0.2, 0.25) is 11.8 Å². The van der Waals surface area contributed by atoms with Crippen molar-refractivity contribution in [2.24, 2.45) is 23.2 Å². The molecular weight excluding hydrogens is 877 g/mol. The molecule has 4 fully saturated rings. The molecule has 0 saturated carbocycles. The van der Waals surface area contributed by atoms with Crippen LogP contribution < -0.4 is 10.6 Å². The van der Waals surface area contributed by atoms with Gasteiger partial charge in [-0.05, 0) is 125 Å². The number of imidazole rings is 2. The molecule has 0 aliphatic carbocycles. The third-order valence-corrected chi connectivity index (χ3v) is 15.7. The number of methoxy groups -OCH3 is 2. The van der Waals surface area contributed by atoms with Crippen molar-refractivity contribution in [1.29, 1.82) is 0 Å². The fourth-order valence-electron chi connectivity index (χ4n) is 11.7. The molecule has 4 amide bonds. The van der Waals surface area contributed by atoms with Gasteiger partial charge in [-0.3, -0.25) is 9.59 Å². The van der Waals surface area contributed by atoms with Crippen LogP contribution in [0.4, 0.5) is 9.59 Å². The summed E-state index contributed by atoms with van der Waals surface area (Å²) in [5.74, 6) is 1.16. The number of H-pyrrole nitrogens is 2. The highest BCUT2D eigenvalue weighted by Crippen LogP contribution is 2.48. The number of aromatic nitrogens is 4. The van der Waals surface area contributed by atoms with Crippen molar-refractivity contribution in [2.45, 2.75) is 162 Å². The summed E-state index contributed by atoms with van der Waals surface area (Å²) in [4.78, 5) is 75.2. The number of rotatable bonds is 11. The van der Waals surface area contributed by atoms with E-state index in [0.29, 0.717) is 43.8 Å². The summed E-state index contributed by atoms with van der Waals surface area (Å²) in [5, 5.41) is 5.79. The Morgan fingerprint density at radius 1 is 0.609 bits per heavy atom. The number of aromatic amines is 2. The van der Waals surface area contributed by atoms with Crippen LogP contribution in [0, 0.1) is 23.2 Å². The van der Waals surface area contributed by atoms with E-state index in [0.717, 1.165) is 40.1 Å². The predicted octanol–water partition coefficient (Wildman–Crippen LogP) is 8.98. The maximum Gasteiger partial charge on any atom is 0.407 e. The van der Waals surface area contributed by atoms with E-state index in [9.17, 15) is 19.2 Å². The molecule has 2 aromatic heterocycles. The summed E-state index contributed by atoms with van der Waals surface area (Å²) in [6, 6.07) is 14.3. The molecule has 0 radical (unpaired) electrons. The fraction of sp³-hybridized carbons (Fsp3) is 0.585. The molecule has 16 nitrogen and oxygen atoms in total. The molecule has 372 valence electrons. The second-order valence-electron chi connectivity index (χ2n) is 21.1. The minimum absolute atomic E-state index is 0.0315. The summed E-state index contributed by atoms with van der Waals surface area (Å²) >= 11 is 0. The quantitative estimate of drug-likeness (QED) is 0.113. The molecule has 16 heteroatoms. The number of hydrogen-bond acceptors (Lipinski definition) is 10. The molecule has 2 unspecified atom stereocenters. The molecule has 69 heavy (non-hydrogen) atoms. The Labute approximate surface area is 406 Å². The SMILES string of the molecule is COC(=O)N[C@H](C(=O)N1C(C)[C@@H](C)C[C@H]1c1ncc(-c2ccc(-c3ccc(-c4cnc([C@@H]5CC(C)(C)C(C)N5C(=O)[C@@H](NC(=O)OC)C5C[C@@H](C)O[C@H](C)C5)[nH]4)cc3)cc2)[nH]1)C1C[C@@H](C)O[C@H](C)C1. The molecule has 0 bridgehead atoms. The van der Waals surface area contributed by atoms with Gasteiger partial charge in [0.05, 0.1) is 74.5 Å². The van der Waals surface area contributed by atoms with Crippen molar-refractivity contribution < 1.29 is 38.1 Å². The van der Waals surface area contributed by atoms with Crippen molar-refractivity contribution in [3.63, 3.8) is 0 Å². The van der Waals surface area contributed by atoms with Gasteiger partial charge in [-0.15, -0.1) is 0 Å². The van der Waals surface area contributed by atoms with E-state index in [1.807, 2.05) is 49.9 Å². The van der Waals surface area contributed by atoms with Gasteiger partial charge < -0.3 is 49.3 Å². The van der Waals surface area contributed by atoms with E-state index in [1.54, 1.807) is 0 Å². The highest BCUT2D eigenvalue weighted by atomic mass is 16.5. The Balaban J connectivity index is 0.963. The Morgan fingerprint density at radius 3 is 1.42 bits per heavy atom. The number of nitrogens with zero attached hydrogens (tertiary/aromatic N) is 4. The first-order chi connectivity index (χ1) is 32.8. The molecule has 4 N–H and O–H groups in total. The summed E-state index contributed by atoms with van der Waals surface area (Å²) in [7, 11) is 2.64. The topological polar surface area (TPSA) is 193 Å². The summed E-state index contributed by atoms with van der Waals surface area (Å²) in [6.45, 7) is 18.7. The molecule has 8 rings (SSSR count). The lowest BCUT2D eigenvalue weighted by atomic mass is 9.84. The maximum atomic E-state index is 14.7. The largest absolute Gasteiger partial charge is 0.453 e. The third kappa shape index (κ3) is 10.4. The van der Waals surface area contributed by atoms with Crippen LogP contribution in [0.5, 0.6) is 0 Å². The van der Waals surface area contributed by atoms with Gasteiger partial charge in [0.15, 0.2) is 0 Å². The van der Waals surface area contributed by atoms with Crippen molar-refractivity contribution >= 4 is 24.0 Å². The van der Waals surface area contributed by atoms with Crippen LogP contribution >= 0.6 is 0 Å². The number of alkyl carbamates (subject to hydrolysis) is 2. The molecule has 4 aliphatic heterocycles. The minimum atomic E-state index is -0.765. The zero-order valence-electron chi connectivity index (χ0n) is 42.1. The second kappa shape index (κ2) is 20.3. The number of likely N-dealkylation sites (tertiary alicyclic amines) is 2. The third-order valence-electron chi connectivity index (χ3n) is 15.7. The van der Waals surface area contributed by atoms with Gasteiger partial charge in [0.25, 0.3) is 0 Å². The monoisotopic (exact) mass is 949 g/mol. The first kappa shape index (κ1) is 49.7. The lowest BCUT2D eigenvalue weighted by molar-refractivity contribution is -0.141. The Hall–Kier alpha value is -5.74. The molecular formula is C53H72N8O8. The van der Waals surface area contributed by atoms with E-state index in [-0.39, 0.29) is 83.6 Å². The van der Waals surface area contributed by atoms with Crippen LogP contribution in [-0.2, 0) is 28.5 Å².